The van der Waals surface area contributed by atoms with Gasteiger partial charge in [-0.05, 0) is 12.3 Å². The number of rotatable bonds is 13. The minimum absolute atomic E-state index is 0.0533. The molecule has 0 aromatic carbocycles. The number of hydrogen-bond acceptors (Lipinski definition) is 4. The minimum atomic E-state index is -0.248. The Kier molecular flexibility index (Phi) is 10.6. The first-order chi connectivity index (χ1) is 12.0. The van der Waals surface area contributed by atoms with Crippen LogP contribution in [0.3, 0.4) is 0 Å². The van der Waals surface area contributed by atoms with Crippen LogP contribution in [0.1, 0.15) is 72.1 Å². The molecular weight excluding hydrogens is 318 g/mol. The van der Waals surface area contributed by atoms with E-state index in [2.05, 4.69) is 21.9 Å². The molecule has 1 aromatic heterocycles. The van der Waals surface area contributed by atoms with Crippen LogP contribution in [0.2, 0.25) is 0 Å². The molecule has 0 saturated heterocycles. The molecule has 1 N–H and O–H groups in total. The maximum absolute atomic E-state index is 12.5. The molecule has 0 fully saturated rings. The quantitative estimate of drug-likeness (QED) is 0.539. The fourth-order valence-electron chi connectivity index (χ4n) is 2.72. The summed E-state index contributed by atoms with van der Waals surface area (Å²) in [5.74, 6) is 0.492. The van der Waals surface area contributed by atoms with E-state index in [-0.39, 0.29) is 18.4 Å². The molecule has 1 aromatic rings. The molecule has 0 aliphatic heterocycles. The summed E-state index contributed by atoms with van der Waals surface area (Å²) in [7, 11) is 0. The third-order valence-corrected chi connectivity index (χ3v) is 3.97. The number of hydrogen-bond donors (Lipinski definition) is 1. The fourth-order valence-corrected chi connectivity index (χ4v) is 2.72. The number of anilines is 1. The molecule has 0 bridgehead atoms. The van der Waals surface area contributed by atoms with E-state index in [0.29, 0.717) is 24.7 Å². The van der Waals surface area contributed by atoms with Crippen molar-refractivity contribution >= 4 is 17.6 Å². The number of nitrogens with one attached hydrogen (secondary N) is 1. The lowest BCUT2D eigenvalue weighted by molar-refractivity contribution is -0.135. The lowest BCUT2D eigenvalue weighted by Crippen LogP contribution is -2.40. The largest absolute Gasteiger partial charge is 0.363 e. The molecular formula is C19H33N3O3. The van der Waals surface area contributed by atoms with Crippen LogP contribution in [0.4, 0.5) is 5.82 Å². The van der Waals surface area contributed by atoms with Crippen LogP contribution in [0.5, 0.6) is 0 Å². The second kappa shape index (κ2) is 12.5. The maximum atomic E-state index is 12.5. The van der Waals surface area contributed by atoms with Crippen molar-refractivity contribution in [1.82, 2.24) is 10.1 Å². The Labute approximate surface area is 151 Å². The summed E-state index contributed by atoms with van der Waals surface area (Å²) in [5.41, 5.74) is 0. The van der Waals surface area contributed by atoms with Crippen LogP contribution in [0.15, 0.2) is 16.9 Å². The zero-order valence-corrected chi connectivity index (χ0v) is 15.9. The molecule has 0 atom stereocenters. The van der Waals surface area contributed by atoms with Gasteiger partial charge in [-0.2, -0.15) is 0 Å². The predicted octanol–water partition coefficient (Wildman–Crippen LogP) is 4.24. The SMILES string of the molecule is CCCCCCCCCC(=O)N(CC(=O)Nc1ccon1)CC(C)C. The van der Waals surface area contributed by atoms with E-state index < -0.39 is 0 Å². The van der Waals surface area contributed by atoms with Crippen LogP contribution in [-0.2, 0) is 9.59 Å². The van der Waals surface area contributed by atoms with Crippen molar-refractivity contribution in [2.75, 3.05) is 18.4 Å². The van der Waals surface area contributed by atoms with Gasteiger partial charge in [0.1, 0.15) is 6.26 Å². The zero-order chi connectivity index (χ0) is 18.5. The molecule has 0 aliphatic carbocycles. The van der Waals surface area contributed by atoms with Crippen LogP contribution < -0.4 is 5.32 Å². The normalized spacial score (nSPS) is 10.9. The Morgan fingerprint density at radius 3 is 2.44 bits per heavy atom. The van der Waals surface area contributed by atoms with Gasteiger partial charge in [0.2, 0.25) is 11.8 Å². The van der Waals surface area contributed by atoms with Crippen LogP contribution in [-0.4, -0.2) is 35.0 Å². The molecule has 1 rings (SSSR count). The molecule has 2 amide bonds. The lowest BCUT2D eigenvalue weighted by Gasteiger charge is -2.24. The number of unbranched alkanes of at least 4 members (excludes halogenated alkanes) is 6. The molecule has 6 heteroatoms. The van der Waals surface area contributed by atoms with Crippen molar-refractivity contribution in [3.63, 3.8) is 0 Å². The Morgan fingerprint density at radius 2 is 1.84 bits per heavy atom. The van der Waals surface area contributed by atoms with Crippen molar-refractivity contribution in [2.24, 2.45) is 5.92 Å². The summed E-state index contributed by atoms with van der Waals surface area (Å²) in [6.45, 7) is 6.94. The molecule has 6 nitrogen and oxygen atoms in total. The highest BCUT2D eigenvalue weighted by Gasteiger charge is 2.18. The number of nitrogens with zero attached hydrogens (tertiary/aromatic N) is 2. The third-order valence-electron chi connectivity index (χ3n) is 3.97. The van der Waals surface area contributed by atoms with E-state index in [0.717, 1.165) is 12.8 Å². The average molecular weight is 351 g/mol. The van der Waals surface area contributed by atoms with Gasteiger partial charge in [0.25, 0.3) is 0 Å². The first kappa shape index (κ1) is 21.2. The maximum Gasteiger partial charge on any atom is 0.245 e. The molecule has 142 valence electrons. The monoisotopic (exact) mass is 351 g/mol. The summed E-state index contributed by atoms with van der Waals surface area (Å²) in [6, 6.07) is 1.57. The van der Waals surface area contributed by atoms with Crippen molar-refractivity contribution in [3.8, 4) is 0 Å². The number of aromatic nitrogens is 1. The summed E-state index contributed by atoms with van der Waals surface area (Å²) in [5, 5.41) is 6.29. The number of amides is 2. The summed E-state index contributed by atoms with van der Waals surface area (Å²) >= 11 is 0. The molecule has 0 radical (unpaired) electrons. The number of carbonyl (C=O) groups excluding carboxylic acids is 2. The van der Waals surface area contributed by atoms with Gasteiger partial charge in [0.05, 0.1) is 6.54 Å². The van der Waals surface area contributed by atoms with E-state index in [1.165, 1.54) is 38.4 Å². The van der Waals surface area contributed by atoms with Crippen molar-refractivity contribution in [3.05, 3.63) is 12.3 Å². The highest BCUT2D eigenvalue weighted by molar-refractivity contribution is 5.93. The molecule has 25 heavy (non-hydrogen) atoms. The van der Waals surface area contributed by atoms with Crippen molar-refractivity contribution in [1.29, 1.82) is 0 Å². The molecule has 0 spiro atoms. The lowest BCUT2D eigenvalue weighted by atomic mass is 10.1. The average Bonchev–Trinajstić information content (AvgIpc) is 3.05. The van der Waals surface area contributed by atoms with Crippen molar-refractivity contribution in [2.45, 2.75) is 72.1 Å². The summed E-state index contributed by atoms with van der Waals surface area (Å²) in [6.07, 6.45) is 10.1. The van der Waals surface area contributed by atoms with E-state index >= 15 is 0 Å². The molecule has 1 heterocycles. The Balaban J connectivity index is 2.34. The zero-order valence-electron chi connectivity index (χ0n) is 15.9. The molecule has 0 aliphatic rings. The summed E-state index contributed by atoms with van der Waals surface area (Å²) in [4.78, 5) is 26.2. The van der Waals surface area contributed by atoms with Gasteiger partial charge >= 0.3 is 0 Å². The van der Waals surface area contributed by atoms with Crippen LogP contribution >= 0.6 is 0 Å². The third kappa shape index (κ3) is 9.89. The van der Waals surface area contributed by atoms with Gasteiger partial charge in [-0.25, -0.2) is 0 Å². The van der Waals surface area contributed by atoms with E-state index in [9.17, 15) is 9.59 Å². The topological polar surface area (TPSA) is 75.4 Å². The predicted molar refractivity (Wildman–Crippen MR) is 99.2 cm³/mol. The van der Waals surface area contributed by atoms with Gasteiger partial charge in [-0.3, -0.25) is 9.59 Å². The second-order valence-corrected chi connectivity index (χ2v) is 6.97. The Hall–Kier alpha value is -1.85. The Morgan fingerprint density at radius 1 is 1.16 bits per heavy atom. The van der Waals surface area contributed by atoms with E-state index in [1.807, 2.05) is 13.8 Å². The van der Waals surface area contributed by atoms with Gasteiger partial charge < -0.3 is 14.7 Å². The van der Waals surface area contributed by atoms with E-state index in [4.69, 9.17) is 0 Å². The molecule has 0 unspecified atom stereocenters. The standard InChI is InChI=1S/C19H33N3O3/c1-4-5-6-7-8-9-10-11-19(24)22(14-16(2)3)15-18(23)20-17-12-13-25-21-17/h12-13,16H,4-11,14-15H2,1-3H3,(H,20,21,23). The van der Waals surface area contributed by atoms with Gasteiger partial charge in [0, 0.05) is 19.0 Å². The molecule has 0 saturated carbocycles. The first-order valence-corrected chi connectivity index (χ1v) is 9.51. The van der Waals surface area contributed by atoms with Crippen LogP contribution in [0, 0.1) is 5.92 Å². The fraction of sp³-hybridized carbons (Fsp3) is 0.737. The summed E-state index contributed by atoms with van der Waals surface area (Å²) < 4.78 is 4.69. The smallest absolute Gasteiger partial charge is 0.245 e. The first-order valence-electron chi connectivity index (χ1n) is 9.51. The van der Waals surface area contributed by atoms with Gasteiger partial charge in [0.15, 0.2) is 5.82 Å². The minimum Gasteiger partial charge on any atom is -0.363 e. The highest BCUT2D eigenvalue weighted by Crippen LogP contribution is 2.11. The second-order valence-electron chi connectivity index (χ2n) is 6.97. The highest BCUT2D eigenvalue weighted by atomic mass is 16.5. The van der Waals surface area contributed by atoms with E-state index in [1.54, 1.807) is 11.0 Å². The van der Waals surface area contributed by atoms with Gasteiger partial charge in [-0.15, -0.1) is 0 Å². The Bertz CT molecular complexity index is 486. The van der Waals surface area contributed by atoms with Gasteiger partial charge in [-0.1, -0.05) is 64.5 Å². The van der Waals surface area contributed by atoms with Crippen molar-refractivity contribution < 1.29 is 14.1 Å². The van der Waals surface area contributed by atoms with Crippen LogP contribution in [0.25, 0.3) is 0 Å². The number of carbonyl (C=O) groups is 2.